The third-order valence-electron chi connectivity index (χ3n) is 4.09. The van der Waals surface area contributed by atoms with Crippen molar-refractivity contribution in [3.63, 3.8) is 0 Å². The second kappa shape index (κ2) is 7.31. The number of methoxy groups -OCH3 is 1. The molecule has 24 heavy (non-hydrogen) atoms. The molecule has 2 N–H and O–H groups in total. The van der Waals surface area contributed by atoms with Crippen LogP contribution in [0.5, 0.6) is 5.75 Å². The van der Waals surface area contributed by atoms with Crippen LogP contribution in [0.1, 0.15) is 15.9 Å². The van der Waals surface area contributed by atoms with Gasteiger partial charge in [-0.2, -0.15) is 0 Å². The van der Waals surface area contributed by atoms with Gasteiger partial charge in [-0.3, -0.25) is 4.79 Å². The number of benzene rings is 1. The lowest BCUT2D eigenvalue weighted by atomic mass is 10.1. The van der Waals surface area contributed by atoms with Crippen LogP contribution in [-0.4, -0.2) is 43.8 Å². The van der Waals surface area contributed by atoms with Crippen molar-refractivity contribution in [3.05, 3.63) is 53.7 Å². The summed E-state index contributed by atoms with van der Waals surface area (Å²) < 4.78 is 11.1. The molecule has 6 heteroatoms. The van der Waals surface area contributed by atoms with Gasteiger partial charge >= 0.3 is 0 Å². The average Bonchev–Trinajstić information content (AvgIpc) is 2.62. The van der Waals surface area contributed by atoms with E-state index in [9.17, 15) is 4.79 Å². The molecule has 1 amide bonds. The Bertz CT molecular complexity index is 720. The molecule has 2 aromatic rings. The summed E-state index contributed by atoms with van der Waals surface area (Å²) >= 11 is 0. The maximum Gasteiger partial charge on any atom is 0.248 e. The number of hydrogen-bond acceptors (Lipinski definition) is 5. The van der Waals surface area contributed by atoms with Crippen LogP contribution >= 0.6 is 0 Å². The van der Waals surface area contributed by atoms with Gasteiger partial charge < -0.3 is 20.1 Å². The van der Waals surface area contributed by atoms with E-state index in [0.29, 0.717) is 18.7 Å². The van der Waals surface area contributed by atoms with Crippen LogP contribution in [-0.2, 0) is 11.2 Å². The number of primary amides is 1. The average molecular weight is 327 g/mol. The van der Waals surface area contributed by atoms with Gasteiger partial charge in [0.15, 0.2) is 0 Å². The van der Waals surface area contributed by atoms with E-state index >= 15 is 0 Å². The number of morpholine rings is 1. The van der Waals surface area contributed by atoms with E-state index in [0.717, 1.165) is 24.5 Å². The van der Waals surface area contributed by atoms with Gasteiger partial charge in [-0.1, -0.05) is 12.1 Å². The molecule has 6 nitrogen and oxygen atoms in total. The van der Waals surface area contributed by atoms with Crippen LogP contribution in [0.2, 0.25) is 0 Å². The fourth-order valence-corrected chi connectivity index (χ4v) is 2.86. The Balaban J connectivity index is 1.70. The quantitative estimate of drug-likeness (QED) is 0.903. The Morgan fingerprint density at radius 2 is 2.29 bits per heavy atom. The maximum absolute atomic E-state index is 11.3. The summed E-state index contributed by atoms with van der Waals surface area (Å²) in [6.07, 6.45) is 2.47. The molecule has 2 heterocycles. The van der Waals surface area contributed by atoms with Crippen molar-refractivity contribution < 1.29 is 14.3 Å². The van der Waals surface area contributed by atoms with Crippen LogP contribution < -0.4 is 15.4 Å². The molecule has 1 saturated heterocycles. The number of ether oxygens (including phenoxy) is 2. The first-order chi connectivity index (χ1) is 11.7. The summed E-state index contributed by atoms with van der Waals surface area (Å²) in [5, 5.41) is 0. The molecule has 1 aromatic carbocycles. The summed E-state index contributed by atoms with van der Waals surface area (Å²) in [4.78, 5) is 17.8. The highest BCUT2D eigenvalue weighted by atomic mass is 16.5. The number of carbonyl (C=O) groups excluding carboxylic acids is 1. The second-order valence-electron chi connectivity index (χ2n) is 5.76. The molecule has 0 spiro atoms. The summed E-state index contributed by atoms with van der Waals surface area (Å²) in [7, 11) is 1.66. The number of nitrogens with zero attached hydrogens (tertiary/aromatic N) is 2. The van der Waals surface area contributed by atoms with E-state index in [1.807, 2.05) is 18.2 Å². The van der Waals surface area contributed by atoms with Crippen LogP contribution in [0.25, 0.3) is 0 Å². The molecule has 1 fully saturated rings. The van der Waals surface area contributed by atoms with Crippen LogP contribution in [0, 0.1) is 0 Å². The Morgan fingerprint density at radius 1 is 1.42 bits per heavy atom. The minimum Gasteiger partial charge on any atom is -0.497 e. The van der Waals surface area contributed by atoms with Crippen molar-refractivity contribution >= 4 is 11.7 Å². The number of pyridine rings is 1. The maximum atomic E-state index is 11.3. The fraction of sp³-hybridized carbons (Fsp3) is 0.333. The third-order valence-corrected chi connectivity index (χ3v) is 4.09. The van der Waals surface area contributed by atoms with Crippen molar-refractivity contribution in [1.82, 2.24) is 4.98 Å². The Labute approximate surface area is 141 Å². The lowest BCUT2D eigenvalue weighted by molar-refractivity contribution is 0.0408. The molecule has 1 aliphatic heterocycles. The molecule has 0 saturated carbocycles. The molecular weight excluding hydrogens is 306 g/mol. The molecule has 3 rings (SSSR count). The van der Waals surface area contributed by atoms with Gasteiger partial charge in [0.1, 0.15) is 11.6 Å². The summed E-state index contributed by atoms with van der Waals surface area (Å²) in [5.41, 5.74) is 6.98. The molecule has 0 radical (unpaired) electrons. The first-order valence-electron chi connectivity index (χ1n) is 7.91. The largest absolute Gasteiger partial charge is 0.497 e. The van der Waals surface area contributed by atoms with Crippen molar-refractivity contribution in [2.75, 3.05) is 31.7 Å². The predicted octanol–water partition coefficient (Wildman–Crippen LogP) is 1.64. The van der Waals surface area contributed by atoms with Crippen LogP contribution in [0.3, 0.4) is 0 Å². The summed E-state index contributed by atoms with van der Waals surface area (Å²) in [6.45, 7) is 2.08. The van der Waals surface area contributed by atoms with E-state index in [-0.39, 0.29) is 6.10 Å². The molecule has 1 aliphatic rings. The number of aromatic nitrogens is 1. The number of anilines is 1. The summed E-state index contributed by atoms with van der Waals surface area (Å²) in [5.74, 6) is 1.15. The smallest absolute Gasteiger partial charge is 0.248 e. The fourth-order valence-electron chi connectivity index (χ4n) is 2.86. The van der Waals surface area contributed by atoms with E-state index in [4.69, 9.17) is 15.2 Å². The van der Waals surface area contributed by atoms with E-state index < -0.39 is 5.91 Å². The zero-order valence-corrected chi connectivity index (χ0v) is 13.6. The van der Waals surface area contributed by atoms with Gasteiger partial charge in [0, 0.05) is 31.3 Å². The minimum atomic E-state index is -0.445. The van der Waals surface area contributed by atoms with E-state index in [2.05, 4.69) is 16.0 Å². The topological polar surface area (TPSA) is 77.7 Å². The van der Waals surface area contributed by atoms with Crippen LogP contribution in [0.4, 0.5) is 5.82 Å². The Hall–Kier alpha value is -2.60. The van der Waals surface area contributed by atoms with Crippen molar-refractivity contribution in [2.24, 2.45) is 5.73 Å². The van der Waals surface area contributed by atoms with Gasteiger partial charge in [0.05, 0.1) is 19.8 Å². The number of hydrogen-bond donors (Lipinski definition) is 1. The second-order valence-corrected chi connectivity index (χ2v) is 5.76. The molecule has 1 aromatic heterocycles. The van der Waals surface area contributed by atoms with E-state index in [1.54, 1.807) is 25.4 Å². The van der Waals surface area contributed by atoms with Gasteiger partial charge in [-0.05, 0) is 29.8 Å². The monoisotopic (exact) mass is 327 g/mol. The zero-order chi connectivity index (χ0) is 16.9. The molecule has 0 aliphatic carbocycles. The molecule has 1 atom stereocenters. The van der Waals surface area contributed by atoms with Crippen LogP contribution in [0.15, 0.2) is 42.6 Å². The van der Waals surface area contributed by atoms with Gasteiger partial charge in [0.25, 0.3) is 0 Å². The van der Waals surface area contributed by atoms with Gasteiger partial charge in [-0.15, -0.1) is 0 Å². The lowest BCUT2D eigenvalue weighted by Crippen LogP contribution is -2.43. The number of nitrogens with two attached hydrogens (primary N) is 1. The number of amides is 1. The van der Waals surface area contributed by atoms with E-state index in [1.165, 1.54) is 5.56 Å². The highest BCUT2D eigenvalue weighted by Gasteiger charge is 2.22. The van der Waals surface area contributed by atoms with Crippen molar-refractivity contribution in [3.8, 4) is 5.75 Å². The molecular formula is C18H21N3O3. The van der Waals surface area contributed by atoms with Crippen molar-refractivity contribution in [1.29, 1.82) is 0 Å². The predicted molar refractivity (Wildman–Crippen MR) is 91.4 cm³/mol. The van der Waals surface area contributed by atoms with Crippen molar-refractivity contribution in [2.45, 2.75) is 12.5 Å². The number of rotatable bonds is 5. The SMILES string of the molecule is COc1cccc(C[C@H]2CN(c3cc(C(N)=O)ccn3)CCO2)c1. The first kappa shape index (κ1) is 16.3. The normalized spacial score (nSPS) is 17.5. The molecule has 126 valence electrons. The Morgan fingerprint density at radius 3 is 3.08 bits per heavy atom. The first-order valence-corrected chi connectivity index (χ1v) is 7.91. The lowest BCUT2D eigenvalue weighted by Gasteiger charge is -2.34. The minimum absolute atomic E-state index is 0.0601. The molecule has 0 bridgehead atoms. The molecule has 0 unspecified atom stereocenters. The van der Waals surface area contributed by atoms with Gasteiger partial charge in [-0.25, -0.2) is 4.98 Å². The van der Waals surface area contributed by atoms with Gasteiger partial charge in [0.2, 0.25) is 5.91 Å². The highest BCUT2D eigenvalue weighted by Crippen LogP contribution is 2.20. The third kappa shape index (κ3) is 3.83. The number of carbonyl (C=O) groups is 1. The summed E-state index contributed by atoms with van der Waals surface area (Å²) in [6, 6.07) is 11.4. The zero-order valence-electron chi connectivity index (χ0n) is 13.6. The Kier molecular flexibility index (Phi) is 4.96. The standard InChI is InChI=1S/C18H21N3O3/c1-23-15-4-2-3-13(9-15)10-16-12-21(7-8-24-16)17-11-14(18(19)22)5-6-20-17/h2-6,9,11,16H,7-8,10,12H2,1H3,(H2,19,22)/t16-/m0/s1. The highest BCUT2D eigenvalue weighted by molar-refractivity contribution is 5.93.